The second-order valence-electron chi connectivity index (χ2n) is 1.06. The molecule has 0 saturated heterocycles. The van der Waals surface area contributed by atoms with Crippen LogP contribution >= 0.6 is 15.9 Å². The van der Waals surface area contributed by atoms with E-state index in [0.717, 1.165) is 0 Å². The van der Waals surface area contributed by atoms with Crippen molar-refractivity contribution in [2.45, 2.75) is 13.3 Å². The van der Waals surface area contributed by atoms with E-state index >= 15 is 0 Å². The molecule has 0 unspecified atom stereocenters. The Kier molecular flexibility index (Phi) is 0.460. The summed E-state index contributed by atoms with van der Waals surface area (Å²) in [6.45, 7) is -5.74. The van der Waals surface area contributed by atoms with Gasteiger partial charge in [-0.25, -0.2) is 0 Å². The van der Waals surface area contributed by atoms with Crippen LogP contribution in [-0.2, 0) is 6.50 Å². The summed E-state index contributed by atoms with van der Waals surface area (Å²) in [6.07, 6.45) is -0.839. The Morgan fingerprint density at radius 1 is 2.38 bits per heavy atom. The summed E-state index contributed by atoms with van der Waals surface area (Å²) in [5.41, 5.74) is 0. The molecule has 0 amide bonds. The molecule has 0 aliphatic rings. The zero-order valence-electron chi connectivity index (χ0n) is 10.8. The van der Waals surface area contributed by atoms with E-state index in [1.807, 2.05) is 0 Å². The molecule has 0 aliphatic carbocycles. The highest BCUT2D eigenvalue weighted by Crippen LogP contribution is 2.05. The zero-order chi connectivity index (χ0) is 12.0. The van der Waals surface area contributed by atoms with Gasteiger partial charge in [0, 0.05) is 16.8 Å². The first-order valence-corrected chi connectivity index (χ1v) is 2.60. The van der Waals surface area contributed by atoms with Crippen molar-refractivity contribution in [1.82, 2.24) is 9.78 Å². The van der Waals surface area contributed by atoms with Gasteiger partial charge in [0.2, 0.25) is 0 Å². The Bertz CT molecular complexity index is 381. The molecule has 0 aliphatic heterocycles. The largest absolute Gasteiger partial charge is 0.272 e. The van der Waals surface area contributed by atoms with Gasteiger partial charge in [-0.05, 0) is 22.8 Å². The van der Waals surface area contributed by atoms with Crippen LogP contribution in [0.3, 0.4) is 0 Å². The summed E-state index contributed by atoms with van der Waals surface area (Å²) < 4.78 is 50.6. The number of halogens is 1. The van der Waals surface area contributed by atoms with Gasteiger partial charge in [0.05, 0.1) is 16.1 Å². The fourth-order valence-corrected chi connectivity index (χ4v) is 0.537. The molecule has 0 aromatic carbocycles. The normalized spacial score (nSPS) is 25.9. The molecule has 0 N–H and O–H groups in total. The van der Waals surface area contributed by atoms with Crippen LogP contribution in [0.15, 0.2) is 16.8 Å². The first-order valence-electron chi connectivity index (χ1n) is 5.31. The van der Waals surface area contributed by atoms with Gasteiger partial charge in [0.15, 0.2) is 0 Å². The van der Waals surface area contributed by atoms with Crippen LogP contribution in [0.4, 0.5) is 0 Å². The van der Waals surface area contributed by atoms with Gasteiger partial charge < -0.3 is 0 Å². The molecule has 0 atom stereocenters. The second kappa shape index (κ2) is 2.31. The van der Waals surface area contributed by atoms with Crippen LogP contribution in [0.2, 0.25) is 0 Å². The third-order valence-electron chi connectivity index (χ3n) is 0.558. The molecular weight excluding hydrogens is 168 g/mol. The zero-order valence-corrected chi connectivity index (χ0v) is 5.36. The molecule has 1 rings (SSSR count). The molecule has 1 aromatic heterocycles. The number of rotatable bonds is 1. The van der Waals surface area contributed by atoms with Gasteiger partial charge >= 0.3 is 0 Å². The molecule has 0 bridgehead atoms. The average molecular weight is 182 g/mol. The van der Waals surface area contributed by atoms with Crippen molar-refractivity contribution in [3.63, 3.8) is 0 Å². The van der Waals surface area contributed by atoms with Crippen LogP contribution in [0.5, 0.6) is 0 Å². The van der Waals surface area contributed by atoms with Crippen molar-refractivity contribution in [2.75, 3.05) is 0 Å². The standard InChI is InChI=1S/C5H7BrN2/c1-2-8-4-5(6)3-7-8/h3-4H,2H2,1H3/i1D3,2D2,3D,4D. The maximum absolute atomic E-state index is 7.40. The van der Waals surface area contributed by atoms with Crippen LogP contribution < -0.4 is 0 Å². The highest BCUT2D eigenvalue weighted by Gasteiger charge is 1.87. The van der Waals surface area contributed by atoms with Gasteiger partial charge in [0.25, 0.3) is 0 Å². The quantitative estimate of drug-likeness (QED) is 0.645. The van der Waals surface area contributed by atoms with Gasteiger partial charge in [-0.2, -0.15) is 5.10 Å². The van der Waals surface area contributed by atoms with Crippen LogP contribution in [0.25, 0.3) is 0 Å². The van der Waals surface area contributed by atoms with Gasteiger partial charge in [-0.1, -0.05) is 0 Å². The number of aryl methyl sites for hydroxylation is 1. The number of aromatic nitrogens is 2. The molecule has 0 saturated carbocycles. The lowest BCUT2D eigenvalue weighted by Gasteiger charge is -1.88. The minimum Gasteiger partial charge on any atom is -0.272 e. The van der Waals surface area contributed by atoms with Gasteiger partial charge in [-0.3, -0.25) is 4.68 Å². The fraction of sp³-hybridized carbons (Fsp3) is 0.400. The molecule has 1 aromatic rings. The molecule has 1 heterocycles. The highest BCUT2D eigenvalue weighted by atomic mass is 79.9. The number of hydrogen-bond donors (Lipinski definition) is 0. The fourth-order valence-electron chi connectivity index (χ4n) is 0.290. The first-order chi connectivity index (χ1) is 6.59. The maximum atomic E-state index is 7.40. The molecule has 8 heavy (non-hydrogen) atoms. The van der Waals surface area contributed by atoms with E-state index in [0.29, 0.717) is 4.68 Å². The minimum atomic E-state index is -2.94. The SMILES string of the molecule is [2H]c1nn(C([2H])([2H])C([2H])([2H])[2H])c([2H])c1Br. The topological polar surface area (TPSA) is 17.8 Å². The van der Waals surface area contributed by atoms with Crippen molar-refractivity contribution in [2.24, 2.45) is 0 Å². The van der Waals surface area contributed by atoms with E-state index in [9.17, 15) is 0 Å². The van der Waals surface area contributed by atoms with Gasteiger partial charge in [0.1, 0.15) is 0 Å². The predicted octanol–water partition coefficient (Wildman–Crippen LogP) is 1.67. The smallest absolute Gasteiger partial charge is 0.0872 e. The van der Waals surface area contributed by atoms with Crippen molar-refractivity contribution in [3.8, 4) is 0 Å². The van der Waals surface area contributed by atoms with Crippen LogP contribution in [0, 0.1) is 0 Å². The summed E-state index contributed by atoms with van der Waals surface area (Å²) in [5.74, 6) is 0. The second-order valence-corrected chi connectivity index (χ2v) is 1.85. The lowest BCUT2D eigenvalue weighted by atomic mass is 10.7. The van der Waals surface area contributed by atoms with Crippen LogP contribution in [0.1, 0.15) is 16.4 Å². The Balaban J connectivity index is 3.34. The monoisotopic (exact) mass is 181 g/mol. The van der Waals surface area contributed by atoms with E-state index in [1.165, 1.54) is 0 Å². The number of nitrogens with zero attached hydrogens (tertiary/aromatic N) is 2. The Hall–Kier alpha value is -0.310. The third-order valence-corrected chi connectivity index (χ3v) is 0.913. The van der Waals surface area contributed by atoms with Crippen molar-refractivity contribution in [3.05, 3.63) is 16.8 Å². The summed E-state index contributed by atoms with van der Waals surface area (Å²) in [4.78, 5) is 0. The van der Waals surface area contributed by atoms with E-state index in [2.05, 4.69) is 21.0 Å². The molecule has 3 heteroatoms. The molecular formula is C5H7BrN2. The van der Waals surface area contributed by atoms with Gasteiger partial charge in [-0.15, -0.1) is 0 Å². The van der Waals surface area contributed by atoms with E-state index in [-0.39, 0.29) is 10.6 Å². The van der Waals surface area contributed by atoms with E-state index < -0.39 is 19.5 Å². The Labute approximate surface area is 66.5 Å². The highest BCUT2D eigenvalue weighted by molar-refractivity contribution is 9.10. The van der Waals surface area contributed by atoms with E-state index in [1.54, 1.807) is 0 Å². The minimum absolute atomic E-state index is 0.0318. The molecule has 44 valence electrons. The maximum Gasteiger partial charge on any atom is 0.0872 e. The summed E-state index contributed by atoms with van der Waals surface area (Å²) in [5, 5.41) is 3.36. The lowest BCUT2D eigenvalue weighted by molar-refractivity contribution is 0.659. The average Bonchev–Trinajstić information content (AvgIpc) is 2.31. The predicted molar refractivity (Wildman–Crippen MR) is 35.6 cm³/mol. The molecule has 0 spiro atoms. The summed E-state index contributed by atoms with van der Waals surface area (Å²) in [6, 6.07) is 0. The molecule has 2 nitrogen and oxygen atoms in total. The first kappa shape index (κ1) is 1.59. The molecule has 0 radical (unpaired) electrons. The number of hydrogen-bond acceptors (Lipinski definition) is 1. The Morgan fingerprint density at radius 3 is 3.75 bits per heavy atom. The van der Waals surface area contributed by atoms with Crippen LogP contribution in [-0.4, -0.2) is 9.78 Å². The van der Waals surface area contributed by atoms with E-state index in [4.69, 9.17) is 9.60 Å². The van der Waals surface area contributed by atoms with Crippen molar-refractivity contribution in [1.29, 1.82) is 0 Å². The van der Waals surface area contributed by atoms with Crippen molar-refractivity contribution < 1.29 is 9.60 Å². The third kappa shape index (κ3) is 1.10. The van der Waals surface area contributed by atoms with Crippen molar-refractivity contribution >= 4 is 15.9 Å². The lowest BCUT2D eigenvalue weighted by Crippen LogP contribution is -1.91. The molecule has 0 fully saturated rings. The summed E-state index contributed by atoms with van der Waals surface area (Å²) >= 11 is 2.85. The summed E-state index contributed by atoms with van der Waals surface area (Å²) in [7, 11) is 0. The Morgan fingerprint density at radius 2 is 3.25 bits per heavy atom.